The first-order valence-corrected chi connectivity index (χ1v) is 12.7. The van der Waals surface area contributed by atoms with E-state index in [0.717, 1.165) is 21.9 Å². The van der Waals surface area contributed by atoms with Crippen LogP contribution in [-0.4, -0.2) is 20.9 Å². The van der Waals surface area contributed by atoms with Crippen LogP contribution in [0.15, 0.2) is 71.6 Å². The van der Waals surface area contributed by atoms with Crippen LogP contribution in [-0.2, 0) is 21.2 Å². The lowest BCUT2D eigenvalue weighted by molar-refractivity contribution is -0.120. The lowest BCUT2D eigenvalue weighted by Crippen LogP contribution is -2.41. The number of hydrogen-bond acceptors (Lipinski definition) is 3. The molecule has 0 aliphatic carbocycles. The van der Waals surface area contributed by atoms with Gasteiger partial charge in [0.25, 0.3) is 10.0 Å². The van der Waals surface area contributed by atoms with E-state index in [-0.39, 0.29) is 26.7 Å². The summed E-state index contributed by atoms with van der Waals surface area (Å²) in [6.45, 7) is 5.37. The second kappa shape index (κ2) is 10.6. The molecular formula is C25H26Cl2N2O3S. The van der Waals surface area contributed by atoms with Crippen LogP contribution in [0.1, 0.15) is 36.6 Å². The first kappa shape index (κ1) is 25.1. The highest BCUT2D eigenvalue weighted by Gasteiger charge is 2.28. The maximum absolute atomic E-state index is 13.5. The zero-order valence-corrected chi connectivity index (χ0v) is 21.0. The third kappa shape index (κ3) is 6.28. The van der Waals surface area contributed by atoms with Gasteiger partial charge in [-0.05, 0) is 61.7 Å². The molecule has 174 valence electrons. The van der Waals surface area contributed by atoms with Gasteiger partial charge in [0.1, 0.15) is 6.54 Å². The third-order valence-electron chi connectivity index (χ3n) is 5.30. The van der Waals surface area contributed by atoms with Crippen molar-refractivity contribution in [2.75, 3.05) is 10.8 Å². The predicted molar refractivity (Wildman–Crippen MR) is 135 cm³/mol. The summed E-state index contributed by atoms with van der Waals surface area (Å²) in [6.07, 6.45) is 0.926. The number of nitrogens with zero attached hydrogens (tertiary/aromatic N) is 1. The molecule has 0 saturated carbocycles. The van der Waals surface area contributed by atoms with E-state index in [1.54, 1.807) is 12.1 Å². The zero-order valence-electron chi connectivity index (χ0n) is 18.7. The van der Waals surface area contributed by atoms with E-state index >= 15 is 0 Å². The molecule has 8 heteroatoms. The van der Waals surface area contributed by atoms with Crippen LogP contribution in [0.25, 0.3) is 0 Å². The number of aryl methyl sites for hydroxylation is 2. The Balaban J connectivity index is 1.90. The Morgan fingerprint density at radius 3 is 2.09 bits per heavy atom. The minimum atomic E-state index is -4.05. The van der Waals surface area contributed by atoms with Crippen LogP contribution in [0.4, 0.5) is 5.69 Å². The van der Waals surface area contributed by atoms with Gasteiger partial charge in [0, 0.05) is 10.0 Å². The Kier molecular flexibility index (Phi) is 8.05. The van der Waals surface area contributed by atoms with Gasteiger partial charge in [0.15, 0.2) is 0 Å². The average molecular weight is 505 g/mol. The Bertz CT molecular complexity index is 1210. The van der Waals surface area contributed by atoms with Gasteiger partial charge in [0.05, 0.1) is 16.6 Å². The van der Waals surface area contributed by atoms with Crippen LogP contribution in [0.2, 0.25) is 10.0 Å². The van der Waals surface area contributed by atoms with E-state index in [0.29, 0.717) is 0 Å². The normalized spacial score (nSPS) is 12.3. The smallest absolute Gasteiger partial charge is 0.264 e. The van der Waals surface area contributed by atoms with Crippen molar-refractivity contribution in [1.29, 1.82) is 0 Å². The molecule has 0 saturated heterocycles. The number of rotatable bonds is 8. The molecule has 1 amide bonds. The van der Waals surface area contributed by atoms with Gasteiger partial charge in [-0.25, -0.2) is 8.42 Å². The fourth-order valence-corrected chi connectivity index (χ4v) is 5.30. The lowest BCUT2D eigenvalue weighted by Gasteiger charge is -2.25. The summed E-state index contributed by atoms with van der Waals surface area (Å²) >= 11 is 12.3. The van der Waals surface area contributed by atoms with Gasteiger partial charge in [-0.3, -0.25) is 9.10 Å². The van der Waals surface area contributed by atoms with Gasteiger partial charge in [-0.15, -0.1) is 0 Å². The fraction of sp³-hybridized carbons (Fsp3) is 0.240. The molecule has 0 aliphatic rings. The van der Waals surface area contributed by atoms with E-state index in [2.05, 4.69) is 12.2 Å². The first-order valence-electron chi connectivity index (χ1n) is 10.5. The number of halogens is 2. The molecule has 0 aliphatic heterocycles. The Morgan fingerprint density at radius 2 is 1.55 bits per heavy atom. The molecule has 0 aromatic heterocycles. The van der Waals surface area contributed by atoms with Gasteiger partial charge in [0.2, 0.25) is 5.91 Å². The highest BCUT2D eigenvalue weighted by Crippen LogP contribution is 2.30. The highest BCUT2D eigenvalue weighted by molar-refractivity contribution is 7.92. The second-order valence-electron chi connectivity index (χ2n) is 7.84. The van der Waals surface area contributed by atoms with E-state index in [1.807, 2.05) is 38.1 Å². The van der Waals surface area contributed by atoms with Crippen LogP contribution in [0.5, 0.6) is 0 Å². The number of hydrogen-bond donors (Lipinski definition) is 1. The Hall–Kier alpha value is -2.54. The summed E-state index contributed by atoms with van der Waals surface area (Å²) in [5, 5.41) is 3.42. The van der Waals surface area contributed by atoms with Crippen LogP contribution in [0.3, 0.4) is 0 Å². The number of nitrogens with one attached hydrogen (secondary N) is 1. The van der Waals surface area contributed by atoms with Crippen molar-refractivity contribution in [3.63, 3.8) is 0 Å². The van der Waals surface area contributed by atoms with Gasteiger partial charge < -0.3 is 5.32 Å². The molecule has 0 unspecified atom stereocenters. The van der Waals surface area contributed by atoms with Crippen molar-refractivity contribution in [1.82, 2.24) is 5.32 Å². The minimum absolute atomic E-state index is 0.0696. The molecule has 0 heterocycles. The SMILES string of the molecule is CCc1ccc([C@H](C)NC(=O)CN(c2cc(Cl)cc(Cl)c2)S(=O)(=O)c2ccc(C)cc2)cc1. The monoisotopic (exact) mass is 504 g/mol. The van der Waals surface area contributed by atoms with Crippen molar-refractivity contribution in [2.45, 2.75) is 38.1 Å². The maximum atomic E-state index is 13.5. The predicted octanol–water partition coefficient (Wildman–Crippen LogP) is 5.94. The summed E-state index contributed by atoms with van der Waals surface area (Å²) in [5.41, 5.74) is 3.26. The summed E-state index contributed by atoms with van der Waals surface area (Å²) in [4.78, 5) is 13.0. The van der Waals surface area contributed by atoms with Crippen molar-refractivity contribution in [3.05, 3.63) is 93.5 Å². The van der Waals surface area contributed by atoms with Crippen LogP contribution < -0.4 is 9.62 Å². The van der Waals surface area contributed by atoms with Gasteiger partial charge in [-0.2, -0.15) is 0 Å². The molecule has 0 bridgehead atoms. The largest absolute Gasteiger partial charge is 0.348 e. The minimum Gasteiger partial charge on any atom is -0.348 e. The number of amides is 1. The lowest BCUT2D eigenvalue weighted by atomic mass is 10.1. The topological polar surface area (TPSA) is 66.5 Å². The number of benzene rings is 3. The molecule has 0 fully saturated rings. The van der Waals surface area contributed by atoms with E-state index in [9.17, 15) is 13.2 Å². The molecule has 1 atom stereocenters. The molecule has 3 rings (SSSR count). The summed E-state index contributed by atoms with van der Waals surface area (Å²) in [6, 6.07) is 18.5. The number of carbonyl (C=O) groups excluding carboxylic acids is 1. The summed E-state index contributed by atoms with van der Waals surface area (Å²) in [5.74, 6) is -0.450. The molecular weight excluding hydrogens is 479 g/mol. The fourth-order valence-electron chi connectivity index (χ4n) is 3.38. The average Bonchev–Trinajstić information content (AvgIpc) is 2.77. The zero-order chi connectivity index (χ0) is 24.2. The molecule has 5 nitrogen and oxygen atoms in total. The standard InChI is InChI=1S/C25H26Cl2N2O3S/c1-4-19-7-9-20(10-8-19)18(3)28-25(30)16-29(23-14-21(26)13-22(27)15-23)33(31,32)24-11-5-17(2)6-12-24/h5-15,18H,4,16H2,1-3H3,(H,28,30)/t18-/m0/s1. The molecule has 0 spiro atoms. The molecule has 33 heavy (non-hydrogen) atoms. The number of anilines is 1. The van der Waals surface area contributed by atoms with E-state index < -0.39 is 22.5 Å². The van der Waals surface area contributed by atoms with Crippen LogP contribution in [0, 0.1) is 6.92 Å². The summed E-state index contributed by atoms with van der Waals surface area (Å²) < 4.78 is 28.0. The van der Waals surface area contributed by atoms with Gasteiger partial charge >= 0.3 is 0 Å². The molecule has 3 aromatic rings. The van der Waals surface area contributed by atoms with E-state index in [4.69, 9.17) is 23.2 Å². The van der Waals surface area contributed by atoms with Crippen molar-refractivity contribution >= 4 is 44.8 Å². The van der Waals surface area contributed by atoms with Crippen molar-refractivity contribution in [3.8, 4) is 0 Å². The van der Waals surface area contributed by atoms with Crippen LogP contribution >= 0.6 is 23.2 Å². The first-order chi connectivity index (χ1) is 15.6. The van der Waals surface area contributed by atoms with Gasteiger partial charge in [-0.1, -0.05) is 72.1 Å². The van der Waals surface area contributed by atoms with Crippen molar-refractivity contribution in [2.24, 2.45) is 0 Å². The highest BCUT2D eigenvalue weighted by atomic mass is 35.5. The third-order valence-corrected chi connectivity index (χ3v) is 7.52. The van der Waals surface area contributed by atoms with E-state index in [1.165, 1.54) is 35.9 Å². The molecule has 0 radical (unpaired) electrons. The summed E-state index contributed by atoms with van der Waals surface area (Å²) in [7, 11) is -4.05. The molecule has 3 aromatic carbocycles. The van der Waals surface area contributed by atoms with Crippen molar-refractivity contribution < 1.29 is 13.2 Å². The quantitative estimate of drug-likeness (QED) is 0.412. The maximum Gasteiger partial charge on any atom is 0.264 e. The number of carbonyl (C=O) groups is 1. The number of sulfonamides is 1. The molecule has 1 N–H and O–H groups in total. The second-order valence-corrected chi connectivity index (χ2v) is 10.6. The Labute approximate surface area is 205 Å². The Morgan fingerprint density at radius 1 is 0.970 bits per heavy atom.